The minimum Gasteiger partial charge on any atom is -0.290 e. The molecule has 0 aliphatic carbocycles. The zero-order chi connectivity index (χ0) is 12.3. The molecule has 1 aromatic heterocycles. The first-order valence-electron chi connectivity index (χ1n) is 5.54. The van der Waals surface area contributed by atoms with Crippen molar-refractivity contribution < 1.29 is 0 Å². The van der Waals surface area contributed by atoms with Crippen molar-refractivity contribution >= 4 is 5.71 Å². The fraction of sp³-hybridized carbons (Fsp3) is 0.538. The second kappa shape index (κ2) is 4.98. The highest BCUT2D eigenvalue weighted by Gasteiger charge is 2.16. The summed E-state index contributed by atoms with van der Waals surface area (Å²) in [7, 11) is 1.78. The Labute approximate surface area is 97.6 Å². The molecule has 0 atom stereocenters. The van der Waals surface area contributed by atoms with E-state index in [2.05, 4.69) is 43.7 Å². The van der Waals surface area contributed by atoms with Gasteiger partial charge in [-0.05, 0) is 19.8 Å². The first-order chi connectivity index (χ1) is 7.51. The molecule has 0 unspecified atom stereocenters. The van der Waals surface area contributed by atoms with Gasteiger partial charge in [0.1, 0.15) is 5.69 Å². The summed E-state index contributed by atoms with van der Waals surface area (Å²) in [6.07, 6.45) is 7.41. The zero-order valence-corrected chi connectivity index (χ0v) is 10.7. The molecule has 0 bridgehead atoms. The Morgan fingerprint density at radius 1 is 1.44 bits per heavy atom. The number of nitrogens with zero attached hydrogens (tertiary/aromatic N) is 3. The van der Waals surface area contributed by atoms with Crippen LogP contribution in [-0.2, 0) is 0 Å². The Balaban J connectivity index is 3.28. The van der Waals surface area contributed by atoms with E-state index in [1.54, 1.807) is 7.05 Å². The third kappa shape index (κ3) is 2.33. The largest absolute Gasteiger partial charge is 0.290 e. The van der Waals surface area contributed by atoms with Crippen molar-refractivity contribution in [2.45, 2.75) is 33.7 Å². The molecule has 1 heterocycles. The van der Waals surface area contributed by atoms with Crippen LogP contribution in [0, 0.1) is 18.3 Å². The molecule has 0 aromatic carbocycles. The van der Waals surface area contributed by atoms with Crippen molar-refractivity contribution in [3.05, 3.63) is 17.5 Å². The number of hydrogen-bond acceptors (Lipinski definition) is 2. The van der Waals surface area contributed by atoms with Crippen LogP contribution < -0.4 is 0 Å². The third-order valence-corrected chi connectivity index (χ3v) is 2.45. The molecule has 0 saturated heterocycles. The van der Waals surface area contributed by atoms with Crippen LogP contribution in [0.25, 0.3) is 0 Å². The lowest BCUT2D eigenvalue weighted by Crippen LogP contribution is -2.12. The van der Waals surface area contributed by atoms with E-state index in [0.29, 0.717) is 12.0 Å². The SMILES string of the molecule is C#Cc1cn(C(C)C)nc1C(=NC)C(C)C. The molecule has 16 heavy (non-hydrogen) atoms. The van der Waals surface area contributed by atoms with Gasteiger partial charge >= 0.3 is 0 Å². The molecular formula is C13H19N3. The zero-order valence-electron chi connectivity index (χ0n) is 10.7. The first-order valence-corrected chi connectivity index (χ1v) is 5.54. The van der Waals surface area contributed by atoms with Gasteiger partial charge in [0.05, 0.1) is 11.3 Å². The van der Waals surface area contributed by atoms with Gasteiger partial charge in [-0.15, -0.1) is 6.42 Å². The number of hydrogen-bond donors (Lipinski definition) is 0. The number of terminal acetylenes is 1. The highest BCUT2D eigenvalue weighted by Crippen LogP contribution is 2.15. The maximum Gasteiger partial charge on any atom is 0.122 e. The van der Waals surface area contributed by atoms with Gasteiger partial charge in [-0.1, -0.05) is 19.8 Å². The van der Waals surface area contributed by atoms with Crippen LogP contribution in [0.1, 0.15) is 45.0 Å². The summed E-state index contributed by atoms with van der Waals surface area (Å²) in [6, 6.07) is 0.311. The second-order valence-electron chi connectivity index (χ2n) is 4.37. The highest BCUT2D eigenvalue weighted by molar-refractivity contribution is 6.02. The summed E-state index contributed by atoms with van der Waals surface area (Å²) in [5.41, 5.74) is 2.63. The van der Waals surface area contributed by atoms with Crippen LogP contribution in [0.2, 0.25) is 0 Å². The van der Waals surface area contributed by atoms with Crippen LogP contribution in [0.5, 0.6) is 0 Å². The van der Waals surface area contributed by atoms with E-state index >= 15 is 0 Å². The molecule has 86 valence electrons. The van der Waals surface area contributed by atoms with Crippen molar-refractivity contribution in [2.24, 2.45) is 10.9 Å². The highest BCUT2D eigenvalue weighted by atomic mass is 15.3. The normalized spacial score (nSPS) is 12.2. The minimum absolute atomic E-state index is 0.311. The first kappa shape index (κ1) is 12.5. The molecule has 0 N–H and O–H groups in total. The van der Waals surface area contributed by atoms with E-state index < -0.39 is 0 Å². The Kier molecular flexibility index (Phi) is 3.89. The lowest BCUT2D eigenvalue weighted by molar-refractivity contribution is 0.531. The van der Waals surface area contributed by atoms with Crippen molar-refractivity contribution in [1.82, 2.24) is 9.78 Å². The summed E-state index contributed by atoms with van der Waals surface area (Å²) in [4.78, 5) is 4.28. The molecule has 0 amide bonds. The minimum atomic E-state index is 0.311. The third-order valence-electron chi connectivity index (χ3n) is 2.45. The predicted molar refractivity (Wildman–Crippen MR) is 67.8 cm³/mol. The van der Waals surface area contributed by atoms with E-state index in [-0.39, 0.29) is 0 Å². The lowest BCUT2D eigenvalue weighted by Gasteiger charge is -2.07. The molecule has 1 aromatic rings. The number of aliphatic imine (C=N–C) groups is 1. The quantitative estimate of drug-likeness (QED) is 0.565. The smallest absolute Gasteiger partial charge is 0.122 e. The topological polar surface area (TPSA) is 30.2 Å². The van der Waals surface area contributed by atoms with E-state index in [1.807, 2.05) is 10.9 Å². The summed E-state index contributed by atoms with van der Waals surface area (Å²) in [5, 5.41) is 4.52. The van der Waals surface area contributed by atoms with Crippen molar-refractivity contribution in [3.8, 4) is 12.3 Å². The van der Waals surface area contributed by atoms with Gasteiger partial charge in [0.15, 0.2) is 0 Å². The molecule has 0 fully saturated rings. The maximum atomic E-state index is 5.50. The number of aromatic nitrogens is 2. The van der Waals surface area contributed by atoms with Crippen molar-refractivity contribution in [1.29, 1.82) is 0 Å². The van der Waals surface area contributed by atoms with E-state index in [1.165, 1.54) is 0 Å². The van der Waals surface area contributed by atoms with Gasteiger partial charge in [-0.3, -0.25) is 9.67 Å². The summed E-state index contributed by atoms with van der Waals surface area (Å²) in [6.45, 7) is 8.35. The molecule has 3 nitrogen and oxygen atoms in total. The maximum absolute atomic E-state index is 5.50. The van der Waals surface area contributed by atoms with Crippen LogP contribution in [0.15, 0.2) is 11.2 Å². The Hall–Kier alpha value is -1.56. The van der Waals surface area contributed by atoms with Gasteiger partial charge < -0.3 is 0 Å². The molecule has 0 aliphatic heterocycles. The van der Waals surface area contributed by atoms with Crippen molar-refractivity contribution in [2.75, 3.05) is 7.05 Å². The van der Waals surface area contributed by atoms with Gasteiger partial charge in [0.25, 0.3) is 0 Å². The molecular weight excluding hydrogens is 198 g/mol. The fourth-order valence-electron chi connectivity index (χ4n) is 1.59. The predicted octanol–water partition coefficient (Wildman–Crippen LogP) is 2.52. The summed E-state index contributed by atoms with van der Waals surface area (Å²) < 4.78 is 1.89. The Bertz CT molecular complexity index is 431. The van der Waals surface area contributed by atoms with Crippen LogP contribution in [0.3, 0.4) is 0 Å². The standard InChI is InChI=1S/C13H19N3/c1-7-11-8-16(10(4)5)15-13(11)12(14-6)9(2)3/h1,8-10H,2-6H3. The average Bonchev–Trinajstić information content (AvgIpc) is 2.62. The van der Waals surface area contributed by atoms with Crippen molar-refractivity contribution in [3.63, 3.8) is 0 Å². The molecule has 0 spiro atoms. The lowest BCUT2D eigenvalue weighted by atomic mass is 10.0. The summed E-state index contributed by atoms with van der Waals surface area (Å²) >= 11 is 0. The average molecular weight is 217 g/mol. The van der Waals surface area contributed by atoms with Crippen LogP contribution in [-0.4, -0.2) is 22.5 Å². The Morgan fingerprint density at radius 2 is 2.06 bits per heavy atom. The van der Waals surface area contributed by atoms with Gasteiger partial charge in [-0.2, -0.15) is 5.10 Å². The summed E-state index contributed by atoms with van der Waals surface area (Å²) in [5.74, 6) is 3.00. The molecule has 1 rings (SSSR count). The molecule has 0 aliphatic rings. The van der Waals surface area contributed by atoms with Gasteiger partial charge in [0, 0.05) is 19.3 Å². The van der Waals surface area contributed by atoms with Crippen LogP contribution in [0.4, 0.5) is 0 Å². The van der Waals surface area contributed by atoms with Crippen LogP contribution >= 0.6 is 0 Å². The monoisotopic (exact) mass is 217 g/mol. The van der Waals surface area contributed by atoms with E-state index in [4.69, 9.17) is 6.42 Å². The second-order valence-corrected chi connectivity index (χ2v) is 4.37. The molecule has 3 heteroatoms. The Morgan fingerprint density at radius 3 is 2.44 bits per heavy atom. The molecule has 0 radical (unpaired) electrons. The number of rotatable bonds is 3. The van der Waals surface area contributed by atoms with Gasteiger partial charge in [0.2, 0.25) is 0 Å². The van der Waals surface area contributed by atoms with E-state index in [9.17, 15) is 0 Å². The van der Waals surface area contributed by atoms with E-state index in [0.717, 1.165) is 17.0 Å². The molecule has 0 saturated carbocycles. The van der Waals surface area contributed by atoms with Gasteiger partial charge in [-0.25, -0.2) is 0 Å². The fourth-order valence-corrected chi connectivity index (χ4v) is 1.59.